The van der Waals surface area contributed by atoms with Crippen molar-refractivity contribution < 1.29 is 80.2 Å². The number of esters is 4. The number of rotatable bonds is 76. The van der Waals surface area contributed by atoms with Crippen LogP contribution in [0.25, 0.3) is 0 Å². The van der Waals surface area contributed by atoms with Crippen molar-refractivity contribution in [2.45, 2.75) is 420 Å². The van der Waals surface area contributed by atoms with Gasteiger partial charge in [-0.05, 0) is 43.4 Å². The maximum absolute atomic E-state index is 13.1. The average Bonchev–Trinajstić information content (AvgIpc) is 2.13. The fraction of sp³-hybridized carbons (Fsp3) is 0.949. The summed E-state index contributed by atoms with van der Waals surface area (Å²) in [4.78, 5) is 72.8. The van der Waals surface area contributed by atoms with Gasteiger partial charge >= 0.3 is 39.5 Å². The number of phosphoric acid groups is 2. The molecule has 0 aromatic carbocycles. The van der Waals surface area contributed by atoms with Crippen molar-refractivity contribution in [1.82, 2.24) is 0 Å². The van der Waals surface area contributed by atoms with E-state index in [9.17, 15) is 43.2 Å². The number of ether oxygens (including phenoxy) is 4. The molecule has 0 aliphatic carbocycles. The summed E-state index contributed by atoms with van der Waals surface area (Å²) in [5.41, 5.74) is 0. The van der Waals surface area contributed by atoms with Crippen LogP contribution in [0.5, 0.6) is 0 Å². The third-order valence-corrected chi connectivity index (χ3v) is 20.4. The van der Waals surface area contributed by atoms with Crippen molar-refractivity contribution in [3.05, 3.63) is 0 Å². The minimum Gasteiger partial charge on any atom is -0.462 e. The van der Waals surface area contributed by atoms with E-state index in [1.54, 1.807) is 0 Å². The lowest BCUT2D eigenvalue weighted by Crippen LogP contribution is -2.30. The van der Waals surface area contributed by atoms with Crippen molar-refractivity contribution in [3.8, 4) is 0 Å². The molecule has 0 saturated heterocycles. The molecule has 6 atom stereocenters. The molecular formula is C78H152O17P2. The number of unbranched alkanes of at least 4 members (excludes halogenated alkanes) is 43. The molecule has 0 heterocycles. The van der Waals surface area contributed by atoms with Gasteiger partial charge in [0.1, 0.15) is 19.3 Å². The molecule has 3 N–H and O–H groups in total. The smallest absolute Gasteiger partial charge is 0.462 e. The second-order valence-electron chi connectivity index (χ2n) is 29.3. The monoisotopic (exact) mass is 1420 g/mol. The molecule has 0 saturated carbocycles. The van der Waals surface area contributed by atoms with Crippen LogP contribution in [0.4, 0.5) is 0 Å². The van der Waals surface area contributed by atoms with Crippen LogP contribution in [0.1, 0.15) is 402 Å². The summed E-state index contributed by atoms with van der Waals surface area (Å²) < 4.78 is 68.6. The van der Waals surface area contributed by atoms with Gasteiger partial charge in [0.05, 0.1) is 26.4 Å². The molecule has 0 bridgehead atoms. The zero-order chi connectivity index (χ0) is 71.6. The van der Waals surface area contributed by atoms with Crippen molar-refractivity contribution in [2.75, 3.05) is 39.6 Å². The lowest BCUT2D eigenvalue weighted by Gasteiger charge is -2.21. The molecule has 0 aromatic heterocycles. The van der Waals surface area contributed by atoms with Crippen LogP contribution in [-0.2, 0) is 65.4 Å². The van der Waals surface area contributed by atoms with Gasteiger partial charge in [-0.15, -0.1) is 0 Å². The highest BCUT2D eigenvalue weighted by Crippen LogP contribution is 2.45. The summed E-state index contributed by atoms with van der Waals surface area (Å²) in [7, 11) is -9.91. The van der Waals surface area contributed by atoms with Crippen LogP contribution in [0, 0.1) is 17.8 Å². The molecule has 0 aromatic rings. The van der Waals surface area contributed by atoms with Crippen LogP contribution >= 0.6 is 15.6 Å². The Morgan fingerprint density at radius 1 is 0.299 bits per heavy atom. The van der Waals surface area contributed by atoms with E-state index >= 15 is 0 Å². The van der Waals surface area contributed by atoms with Crippen LogP contribution in [0.2, 0.25) is 0 Å². The molecule has 0 aliphatic heterocycles. The molecule has 0 aliphatic rings. The lowest BCUT2D eigenvalue weighted by atomic mass is 9.99. The molecular weight excluding hydrogens is 1270 g/mol. The number of phosphoric ester groups is 2. The molecule has 19 heteroatoms. The third-order valence-electron chi connectivity index (χ3n) is 18.5. The molecule has 97 heavy (non-hydrogen) atoms. The molecule has 0 rings (SSSR count). The fourth-order valence-corrected chi connectivity index (χ4v) is 13.5. The largest absolute Gasteiger partial charge is 0.472 e. The van der Waals surface area contributed by atoms with Gasteiger partial charge in [-0.25, -0.2) is 9.13 Å². The number of aliphatic hydroxyl groups excluding tert-OH is 1. The molecule has 3 unspecified atom stereocenters. The van der Waals surface area contributed by atoms with E-state index < -0.39 is 97.5 Å². The summed E-state index contributed by atoms with van der Waals surface area (Å²) >= 11 is 0. The molecule has 0 radical (unpaired) electrons. The Bertz CT molecular complexity index is 1890. The van der Waals surface area contributed by atoms with Gasteiger partial charge < -0.3 is 33.8 Å². The summed E-state index contributed by atoms with van der Waals surface area (Å²) in [6.07, 6.45) is 55.5. The van der Waals surface area contributed by atoms with Gasteiger partial charge in [0.15, 0.2) is 12.2 Å². The van der Waals surface area contributed by atoms with E-state index in [-0.39, 0.29) is 25.7 Å². The highest BCUT2D eigenvalue weighted by atomic mass is 31.2. The second kappa shape index (κ2) is 68.5. The Kier molecular flexibility index (Phi) is 67.1. The zero-order valence-electron chi connectivity index (χ0n) is 63.5. The highest BCUT2D eigenvalue weighted by Gasteiger charge is 2.30. The first kappa shape index (κ1) is 95.1. The van der Waals surface area contributed by atoms with Crippen LogP contribution < -0.4 is 0 Å². The molecule has 0 spiro atoms. The molecule has 17 nitrogen and oxygen atoms in total. The van der Waals surface area contributed by atoms with E-state index in [0.29, 0.717) is 25.7 Å². The van der Waals surface area contributed by atoms with Gasteiger partial charge in [-0.3, -0.25) is 37.3 Å². The summed E-state index contributed by atoms with van der Waals surface area (Å²) in [5, 5.41) is 10.6. The number of carbonyl (C=O) groups is 4. The topological polar surface area (TPSA) is 237 Å². The lowest BCUT2D eigenvalue weighted by molar-refractivity contribution is -0.161. The summed E-state index contributed by atoms with van der Waals surface area (Å²) in [6.45, 7) is 12.0. The Labute approximate surface area is 594 Å². The van der Waals surface area contributed by atoms with Crippen molar-refractivity contribution in [2.24, 2.45) is 17.8 Å². The second-order valence-corrected chi connectivity index (χ2v) is 32.2. The van der Waals surface area contributed by atoms with E-state index in [1.807, 2.05) is 0 Å². The van der Waals surface area contributed by atoms with Gasteiger partial charge in [0, 0.05) is 25.7 Å². The Morgan fingerprint density at radius 2 is 0.526 bits per heavy atom. The Balaban J connectivity index is 5.21. The van der Waals surface area contributed by atoms with Gasteiger partial charge in [-0.2, -0.15) is 0 Å². The maximum atomic E-state index is 13.1. The molecule has 0 fully saturated rings. The first-order valence-electron chi connectivity index (χ1n) is 40.4. The predicted octanol–water partition coefficient (Wildman–Crippen LogP) is 23.0. The minimum atomic E-state index is -4.96. The Morgan fingerprint density at radius 3 is 0.784 bits per heavy atom. The average molecular weight is 1420 g/mol. The summed E-state index contributed by atoms with van der Waals surface area (Å²) in [6, 6.07) is 0. The quantitative estimate of drug-likeness (QED) is 0.0222. The van der Waals surface area contributed by atoms with Crippen LogP contribution in [0.15, 0.2) is 0 Å². The van der Waals surface area contributed by atoms with Gasteiger partial charge in [0.2, 0.25) is 0 Å². The summed E-state index contributed by atoms with van der Waals surface area (Å²) in [5.74, 6) is 0.265. The predicted molar refractivity (Wildman–Crippen MR) is 395 cm³/mol. The van der Waals surface area contributed by atoms with E-state index in [0.717, 1.165) is 108 Å². The standard InChI is InChI=1S/C78H152O17P2/c1-8-10-11-12-13-28-38-45-52-59-75(80)88-65-73(95-78(83)62-55-48-41-34-26-24-30-36-43-50-57-70(5)6)67-92-96(84,85)90-63-72(79)64-91-97(86,87)93-68-74(66-89-76(81)60-53-46-39-32-27-25-31-37-44-51-58-71(7)9-2)94-77(82)61-54-47-40-33-23-21-19-17-15-14-16-18-20-22-29-35-42-49-56-69(3)4/h69-74,79H,8-68H2,1-7H3,(H,84,85)(H,86,87)/t71?,72-,73+,74+/m0/s1. The van der Waals surface area contributed by atoms with Gasteiger partial charge in [0.25, 0.3) is 0 Å². The van der Waals surface area contributed by atoms with Crippen molar-refractivity contribution in [1.29, 1.82) is 0 Å². The normalized spacial score (nSPS) is 14.3. The van der Waals surface area contributed by atoms with Crippen molar-refractivity contribution >= 4 is 39.5 Å². The minimum absolute atomic E-state index is 0.106. The zero-order valence-corrected chi connectivity index (χ0v) is 65.3. The first-order chi connectivity index (χ1) is 46.8. The fourth-order valence-electron chi connectivity index (χ4n) is 11.9. The number of hydrogen-bond donors (Lipinski definition) is 3. The SMILES string of the molecule is CCCCCCCCCCCC(=O)OC[C@H](COP(=O)(O)OC[C@H](O)COP(=O)(O)OC[C@@H](COC(=O)CCCCCCCCCCCCC(C)CC)OC(=O)CCCCCCCCCCCCCCCCCCCCC(C)C)OC(=O)CCCCCCCCCCCCC(C)C. The van der Waals surface area contributed by atoms with E-state index in [4.69, 9.17) is 37.0 Å². The molecule has 576 valence electrons. The number of aliphatic hydroxyl groups is 1. The van der Waals surface area contributed by atoms with Crippen molar-refractivity contribution in [3.63, 3.8) is 0 Å². The highest BCUT2D eigenvalue weighted by molar-refractivity contribution is 7.47. The third kappa shape index (κ3) is 70.9. The maximum Gasteiger partial charge on any atom is 0.472 e. The number of hydrogen-bond acceptors (Lipinski definition) is 15. The Hall–Kier alpha value is -1.94. The first-order valence-corrected chi connectivity index (χ1v) is 43.4. The van der Waals surface area contributed by atoms with E-state index in [2.05, 4.69) is 48.5 Å². The van der Waals surface area contributed by atoms with Gasteiger partial charge in [-0.1, -0.05) is 350 Å². The van der Waals surface area contributed by atoms with Crippen LogP contribution in [0.3, 0.4) is 0 Å². The van der Waals surface area contributed by atoms with Crippen LogP contribution in [-0.4, -0.2) is 96.7 Å². The number of carbonyl (C=O) groups excluding carboxylic acids is 4. The molecule has 0 amide bonds. The van der Waals surface area contributed by atoms with E-state index in [1.165, 1.54) is 212 Å².